The SMILES string of the molecule is Cc1cc([N+](=O)[O-])cc(C(=O)NC2C(C)(C)C2(C)C)c1F. The summed E-state index contributed by atoms with van der Waals surface area (Å²) in [5, 5.41) is 13.6. The van der Waals surface area contributed by atoms with Crippen LogP contribution in [0, 0.1) is 33.7 Å². The first-order chi connectivity index (χ1) is 9.50. The van der Waals surface area contributed by atoms with Gasteiger partial charge in [0.15, 0.2) is 0 Å². The van der Waals surface area contributed by atoms with E-state index in [-0.39, 0.29) is 33.7 Å². The van der Waals surface area contributed by atoms with E-state index in [2.05, 4.69) is 5.32 Å². The lowest BCUT2D eigenvalue weighted by molar-refractivity contribution is -0.385. The summed E-state index contributed by atoms with van der Waals surface area (Å²) in [5.41, 5.74) is -0.652. The van der Waals surface area contributed by atoms with Gasteiger partial charge in [0.05, 0.1) is 10.5 Å². The molecule has 0 heterocycles. The lowest BCUT2D eigenvalue weighted by Crippen LogP contribution is -2.30. The van der Waals surface area contributed by atoms with E-state index in [1.807, 2.05) is 27.7 Å². The Kier molecular flexibility index (Phi) is 3.31. The van der Waals surface area contributed by atoms with E-state index in [9.17, 15) is 19.3 Å². The van der Waals surface area contributed by atoms with Gasteiger partial charge in [-0.05, 0) is 23.3 Å². The van der Waals surface area contributed by atoms with Crippen LogP contribution in [0.5, 0.6) is 0 Å². The number of halogens is 1. The molecule has 1 saturated carbocycles. The normalized spacial score (nSPS) is 19.1. The number of rotatable bonds is 3. The summed E-state index contributed by atoms with van der Waals surface area (Å²) in [6.45, 7) is 9.49. The number of benzene rings is 1. The molecule has 1 aliphatic rings. The van der Waals surface area contributed by atoms with Gasteiger partial charge < -0.3 is 5.32 Å². The Morgan fingerprint density at radius 2 is 1.81 bits per heavy atom. The van der Waals surface area contributed by atoms with Gasteiger partial charge in [-0.3, -0.25) is 14.9 Å². The maximum atomic E-state index is 14.1. The number of amides is 1. The quantitative estimate of drug-likeness (QED) is 0.687. The smallest absolute Gasteiger partial charge is 0.270 e. The molecule has 2 rings (SSSR count). The van der Waals surface area contributed by atoms with Gasteiger partial charge >= 0.3 is 0 Å². The number of aryl methyl sites for hydroxylation is 1. The third-order valence-corrected chi connectivity index (χ3v) is 4.99. The zero-order valence-corrected chi connectivity index (χ0v) is 12.8. The van der Waals surface area contributed by atoms with Crippen LogP contribution in [0.4, 0.5) is 10.1 Å². The van der Waals surface area contributed by atoms with Crippen LogP contribution in [0.25, 0.3) is 0 Å². The Bertz CT molecular complexity index is 624. The topological polar surface area (TPSA) is 72.2 Å². The Hall–Kier alpha value is -1.98. The van der Waals surface area contributed by atoms with E-state index in [0.717, 1.165) is 12.1 Å². The number of nitro groups is 1. The lowest BCUT2D eigenvalue weighted by Gasteiger charge is -2.09. The fourth-order valence-electron chi connectivity index (χ4n) is 2.79. The van der Waals surface area contributed by atoms with Crippen molar-refractivity contribution in [1.29, 1.82) is 0 Å². The van der Waals surface area contributed by atoms with Gasteiger partial charge in [-0.25, -0.2) is 4.39 Å². The Morgan fingerprint density at radius 1 is 1.29 bits per heavy atom. The van der Waals surface area contributed by atoms with Gasteiger partial charge in [0.1, 0.15) is 5.82 Å². The van der Waals surface area contributed by atoms with Crippen molar-refractivity contribution >= 4 is 11.6 Å². The highest BCUT2D eigenvalue weighted by molar-refractivity contribution is 5.96. The molecule has 1 N–H and O–H groups in total. The molecule has 0 unspecified atom stereocenters. The number of nitro benzene ring substituents is 1. The van der Waals surface area contributed by atoms with Crippen molar-refractivity contribution in [1.82, 2.24) is 5.32 Å². The molecule has 0 aromatic heterocycles. The van der Waals surface area contributed by atoms with Gasteiger partial charge in [0, 0.05) is 18.2 Å². The summed E-state index contributed by atoms with van der Waals surface area (Å²) in [6, 6.07) is 2.02. The second-order valence-corrected chi connectivity index (χ2v) is 6.73. The first kappa shape index (κ1) is 15.4. The molecule has 0 spiro atoms. The number of carbonyl (C=O) groups is 1. The zero-order chi connectivity index (χ0) is 16.2. The van der Waals surface area contributed by atoms with Crippen LogP contribution >= 0.6 is 0 Å². The third-order valence-electron chi connectivity index (χ3n) is 4.99. The molecule has 0 aliphatic heterocycles. The second kappa shape index (κ2) is 4.51. The first-order valence-electron chi connectivity index (χ1n) is 6.75. The maximum Gasteiger partial charge on any atom is 0.270 e. The number of carbonyl (C=O) groups excluding carboxylic acids is 1. The van der Waals surface area contributed by atoms with Crippen molar-refractivity contribution in [2.24, 2.45) is 10.8 Å². The van der Waals surface area contributed by atoms with Crippen LogP contribution in [0.3, 0.4) is 0 Å². The minimum atomic E-state index is -0.714. The second-order valence-electron chi connectivity index (χ2n) is 6.73. The molecule has 0 bridgehead atoms. The fourth-order valence-corrected chi connectivity index (χ4v) is 2.79. The molecule has 0 saturated heterocycles. The van der Waals surface area contributed by atoms with Crippen molar-refractivity contribution < 1.29 is 14.1 Å². The minimum Gasteiger partial charge on any atom is -0.348 e. The molecule has 0 radical (unpaired) electrons. The predicted octanol–water partition coefficient (Wildman–Crippen LogP) is 3.21. The van der Waals surface area contributed by atoms with E-state index in [0.29, 0.717) is 0 Å². The fraction of sp³-hybridized carbons (Fsp3) is 0.533. The summed E-state index contributed by atoms with van der Waals surface area (Å²) in [4.78, 5) is 22.4. The minimum absolute atomic E-state index is 0.0866. The van der Waals surface area contributed by atoms with E-state index < -0.39 is 16.6 Å². The summed E-state index contributed by atoms with van der Waals surface area (Å²) in [5.74, 6) is -1.32. The van der Waals surface area contributed by atoms with Crippen LogP contribution < -0.4 is 5.32 Å². The summed E-state index contributed by atoms with van der Waals surface area (Å²) < 4.78 is 14.1. The Morgan fingerprint density at radius 3 is 2.24 bits per heavy atom. The maximum absolute atomic E-state index is 14.1. The molecule has 1 aromatic carbocycles. The van der Waals surface area contributed by atoms with Gasteiger partial charge in [-0.1, -0.05) is 27.7 Å². The van der Waals surface area contributed by atoms with E-state index in [4.69, 9.17) is 0 Å². The molecule has 1 aliphatic carbocycles. The molecular weight excluding hydrogens is 275 g/mol. The van der Waals surface area contributed by atoms with Crippen molar-refractivity contribution in [3.05, 3.63) is 39.2 Å². The van der Waals surface area contributed by atoms with Crippen molar-refractivity contribution in [2.75, 3.05) is 0 Å². The summed E-state index contributed by atoms with van der Waals surface area (Å²) in [6.07, 6.45) is 0. The number of hydrogen-bond donors (Lipinski definition) is 1. The molecule has 5 nitrogen and oxygen atoms in total. The van der Waals surface area contributed by atoms with Crippen LogP contribution in [0.15, 0.2) is 12.1 Å². The van der Waals surface area contributed by atoms with Crippen LogP contribution in [0.1, 0.15) is 43.6 Å². The highest BCUT2D eigenvalue weighted by Crippen LogP contribution is 2.62. The number of non-ortho nitro benzene ring substituents is 1. The van der Waals surface area contributed by atoms with Crippen molar-refractivity contribution in [3.63, 3.8) is 0 Å². The molecule has 1 aromatic rings. The van der Waals surface area contributed by atoms with Crippen molar-refractivity contribution in [2.45, 2.75) is 40.7 Å². The molecular formula is C15H19FN2O3. The largest absolute Gasteiger partial charge is 0.348 e. The first-order valence-corrected chi connectivity index (χ1v) is 6.75. The highest BCUT2D eigenvalue weighted by atomic mass is 19.1. The standard InChI is InChI=1S/C15H19FN2O3/c1-8-6-9(18(20)21)7-10(11(8)16)12(19)17-13-14(2,3)15(13,4)5/h6-7,13H,1-5H3,(H,17,19). The monoisotopic (exact) mass is 294 g/mol. The molecule has 1 amide bonds. The Labute approximate surface area is 122 Å². The van der Waals surface area contributed by atoms with E-state index in [1.165, 1.54) is 6.92 Å². The molecule has 114 valence electrons. The van der Waals surface area contributed by atoms with Crippen LogP contribution in [0.2, 0.25) is 0 Å². The van der Waals surface area contributed by atoms with Gasteiger partial charge in [0.2, 0.25) is 0 Å². The van der Waals surface area contributed by atoms with E-state index in [1.54, 1.807) is 0 Å². The van der Waals surface area contributed by atoms with Crippen LogP contribution in [-0.2, 0) is 0 Å². The van der Waals surface area contributed by atoms with Gasteiger partial charge in [0.25, 0.3) is 11.6 Å². The molecule has 1 fully saturated rings. The number of nitrogens with one attached hydrogen (secondary N) is 1. The third kappa shape index (κ3) is 2.28. The Balaban J connectivity index is 2.31. The van der Waals surface area contributed by atoms with E-state index >= 15 is 0 Å². The van der Waals surface area contributed by atoms with Crippen molar-refractivity contribution in [3.8, 4) is 0 Å². The lowest BCUT2D eigenvalue weighted by atomic mass is 10.0. The predicted molar refractivity (Wildman–Crippen MR) is 76.6 cm³/mol. The average Bonchev–Trinajstić information content (AvgIpc) is 2.74. The zero-order valence-electron chi connectivity index (χ0n) is 12.8. The number of nitrogens with zero attached hydrogens (tertiary/aromatic N) is 1. The van der Waals surface area contributed by atoms with Gasteiger partial charge in [-0.15, -0.1) is 0 Å². The summed E-state index contributed by atoms with van der Waals surface area (Å²) >= 11 is 0. The highest BCUT2D eigenvalue weighted by Gasteiger charge is 2.65. The molecule has 21 heavy (non-hydrogen) atoms. The van der Waals surface area contributed by atoms with Crippen LogP contribution in [-0.4, -0.2) is 16.9 Å². The average molecular weight is 294 g/mol. The molecule has 0 atom stereocenters. The molecule has 6 heteroatoms. The number of hydrogen-bond acceptors (Lipinski definition) is 3. The summed E-state index contributed by atoms with van der Waals surface area (Å²) in [7, 11) is 0. The van der Waals surface area contributed by atoms with Gasteiger partial charge in [-0.2, -0.15) is 0 Å².